The number of ether oxygens (including phenoxy) is 2. The van der Waals surface area contributed by atoms with E-state index >= 15 is 0 Å². The molecule has 0 radical (unpaired) electrons. The van der Waals surface area contributed by atoms with Gasteiger partial charge in [-0.25, -0.2) is 9.59 Å². The number of unbranched alkanes of at least 4 members (excludes halogenated alkanes) is 3. The molecule has 0 bridgehead atoms. The van der Waals surface area contributed by atoms with Gasteiger partial charge in [-0.3, -0.25) is 4.79 Å². The number of carbonyl (C=O) groups is 3. The van der Waals surface area contributed by atoms with Crippen LogP contribution in [0.5, 0.6) is 0 Å². The van der Waals surface area contributed by atoms with Crippen molar-refractivity contribution >= 4 is 18.1 Å². The molecule has 0 aliphatic carbocycles. The number of amides is 3. The molecule has 8 nitrogen and oxygen atoms in total. The second-order valence-electron chi connectivity index (χ2n) is 9.52. The Balaban J connectivity index is 2.24. The van der Waals surface area contributed by atoms with Crippen LogP contribution in [0, 0.1) is 5.92 Å². The van der Waals surface area contributed by atoms with Crippen LogP contribution in [0.2, 0.25) is 0 Å². The molecule has 186 valence electrons. The lowest BCUT2D eigenvalue weighted by Gasteiger charge is -2.20. The van der Waals surface area contributed by atoms with Crippen molar-refractivity contribution in [2.24, 2.45) is 5.92 Å². The Kier molecular flexibility index (Phi) is 13.0. The molecule has 0 saturated carbocycles. The van der Waals surface area contributed by atoms with Crippen molar-refractivity contribution in [2.45, 2.75) is 85.0 Å². The minimum absolute atomic E-state index is 0.158. The molecule has 1 aromatic carbocycles. The first-order valence-corrected chi connectivity index (χ1v) is 11.8. The molecule has 0 unspecified atom stereocenters. The molecular formula is C25H41N3O5. The average Bonchev–Trinajstić information content (AvgIpc) is 2.72. The van der Waals surface area contributed by atoms with Crippen LogP contribution in [0.1, 0.15) is 72.3 Å². The predicted molar refractivity (Wildman–Crippen MR) is 129 cm³/mol. The van der Waals surface area contributed by atoms with Crippen molar-refractivity contribution in [3.63, 3.8) is 0 Å². The fourth-order valence-corrected chi connectivity index (χ4v) is 3.05. The topological polar surface area (TPSA) is 106 Å². The first kappa shape index (κ1) is 28.3. The lowest BCUT2D eigenvalue weighted by Crippen LogP contribution is -2.47. The third-order valence-electron chi connectivity index (χ3n) is 4.60. The van der Waals surface area contributed by atoms with E-state index in [-0.39, 0.29) is 18.4 Å². The predicted octanol–water partition coefficient (Wildman–Crippen LogP) is 4.53. The summed E-state index contributed by atoms with van der Waals surface area (Å²) in [6, 6.07) is 8.77. The molecule has 0 fully saturated rings. The second kappa shape index (κ2) is 15.1. The number of nitrogens with one attached hydrogen (secondary N) is 3. The quantitative estimate of drug-likeness (QED) is 0.373. The molecule has 1 atom stereocenters. The first-order valence-electron chi connectivity index (χ1n) is 11.8. The molecule has 33 heavy (non-hydrogen) atoms. The maximum absolute atomic E-state index is 12.6. The number of hydrogen-bond acceptors (Lipinski definition) is 5. The average molecular weight is 464 g/mol. The van der Waals surface area contributed by atoms with Crippen molar-refractivity contribution in [3.05, 3.63) is 35.9 Å². The van der Waals surface area contributed by atoms with E-state index in [0.29, 0.717) is 19.5 Å². The van der Waals surface area contributed by atoms with E-state index in [2.05, 4.69) is 16.0 Å². The Labute approximate surface area is 198 Å². The highest BCUT2D eigenvalue weighted by atomic mass is 16.6. The van der Waals surface area contributed by atoms with Gasteiger partial charge >= 0.3 is 12.2 Å². The summed E-state index contributed by atoms with van der Waals surface area (Å²) in [6.07, 6.45) is 3.06. The third kappa shape index (κ3) is 14.8. The summed E-state index contributed by atoms with van der Waals surface area (Å²) in [5.41, 5.74) is 0.391. The van der Waals surface area contributed by atoms with Crippen LogP contribution in [0.15, 0.2) is 30.3 Å². The highest BCUT2D eigenvalue weighted by Crippen LogP contribution is 2.08. The maximum atomic E-state index is 12.6. The molecule has 3 N–H and O–H groups in total. The van der Waals surface area contributed by atoms with E-state index in [9.17, 15) is 14.4 Å². The summed E-state index contributed by atoms with van der Waals surface area (Å²) in [6.45, 7) is 10.7. The van der Waals surface area contributed by atoms with Crippen LogP contribution in [0.25, 0.3) is 0 Å². The van der Waals surface area contributed by atoms with Crippen molar-refractivity contribution in [3.8, 4) is 0 Å². The molecule has 8 heteroatoms. The van der Waals surface area contributed by atoms with Crippen molar-refractivity contribution in [1.29, 1.82) is 0 Å². The zero-order valence-corrected chi connectivity index (χ0v) is 20.7. The fourth-order valence-electron chi connectivity index (χ4n) is 3.05. The standard InChI is InChI=1S/C25H41N3O5/c1-19(2)17-21(28-24(31)32-18-20-13-9-8-10-14-20)22(29)26-15-11-6-7-12-16-27-23(30)33-25(3,4)5/h8-10,13-14,19,21H,6-7,11-12,15-18H2,1-5H3,(H,26,29)(H,27,30)(H,28,31)/t21-/m0/s1. The van der Waals surface area contributed by atoms with Gasteiger partial charge in [-0.15, -0.1) is 0 Å². The van der Waals surface area contributed by atoms with Gasteiger partial charge in [0.25, 0.3) is 0 Å². The molecule has 0 aliphatic rings. The van der Waals surface area contributed by atoms with E-state index in [1.807, 2.05) is 65.0 Å². The Morgan fingerprint density at radius 1 is 0.879 bits per heavy atom. The first-order chi connectivity index (χ1) is 15.6. The monoisotopic (exact) mass is 463 g/mol. The van der Waals surface area contributed by atoms with Crippen LogP contribution in [0.4, 0.5) is 9.59 Å². The molecule has 0 heterocycles. The normalized spacial score (nSPS) is 12.1. The highest BCUT2D eigenvalue weighted by molar-refractivity contribution is 5.85. The van der Waals surface area contributed by atoms with E-state index in [1.165, 1.54) is 0 Å². The van der Waals surface area contributed by atoms with E-state index in [0.717, 1.165) is 31.2 Å². The van der Waals surface area contributed by atoms with Gasteiger partial charge in [-0.1, -0.05) is 57.0 Å². The largest absolute Gasteiger partial charge is 0.445 e. The number of benzene rings is 1. The summed E-state index contributed by atoms with van der Waals surface area (Å²) < 4.78 is 10.4. The van der Waals surface area contributed by atoms with Crippen LogP contribution in [-0.2, 0) is 20.9 Å². The van der Waals surface area contributed by atoms with Gasteiger partial charge in [0, 0.05) is 13.1 Å². The number of alkyl carbamates (subject to hydrolysis) is 2. The zero-order chi connectivity index (χ0) is 24.7. The summed E-state index contributed by atoms with van der Waals surface area (Å²) >= 11 is 0. The van der Waals surface area contributed by atoms with Crippen LogP contribution in [-0.4, -0.2) is 42.8 Å². The molecule has 1 aromatic rings. The molecular weight excluding hydrogens is 422 g/mol. The van der Waals surface area contributed by atoms with Gasteiger partial charge in [0.2, 0.25) is 5.91 Å². The number of hydrogen-bond donors (Lipinski definition) is 3. The molecule has 0 aromatic heterocycles. The summed E-state index contributed by atoms with van der Waals surface area (Å²) in [4.78, 5) is 36.3. The Morgan fingerprint density at radius 3 is 2.06 bits per heavy atom. The molecule has 3 amide bonds. The van der Waals surface area contributed by atoms with Gasteiger partial charge in [0.15, 0.2) is 0 Å². The highest BCUT2D eigenvalue weighted by Gasteiger charge is 2.22. The van der Waals surface area contributed by atoms with Gasteiger partial charge in [0.05, 0.1) is 0 Å². The summed E-state index contributed by atoms with van der Waals surface area (Å²) in [5, 5.41) is 8.33. The van der Waals surface area contributed by atoms with Gasteiger partial charge in [-0.05, 0) is 51.5 Å². The van der Waals surface area contributed by atoms with Crippen LogP contribution in [0.3, 0.4) is 0 Å². The van der Waals surface area contributed by atoms with E-state index in [4.69, 9.17) is 9.47 Å². The molecule has 0 spiro atoms. The van der Waals surface area contributed by atoms with Gasteiger partial charge in [-0.2, -0.15) is 0 Å². The van der Waals surface area contributed by atoms with Crippen molar-refractivity contribution in [2.75, 3.05) is 13.1 Å². The van der Waals surface area contributed by atoms with Gasteiger partial charge in [0.1, 0.15) is 18.2 Å². The Hall–Kier alpha value is -2.77. The molecule has 0 saturated heterocycles. The molecule has 0 aliphatic heterocycles. The SMILES string of the molecule is CC(C)C[C@H](NC(=O)OCc1ccccc1)C(=O)NCCCCCCNC(=O)OC(C)(C)C. The second-order valence-corrected chi connectivity index (χ2v) is 9.52. The lowest BCUT2D eigenvalue weighted by atomic mass is 10.0. The number of rotatable bonds is 13. The van der Waals surface area contributed by atoms with Crippen LogP contribution < -0.4 is 16.0 Å². The smallest absolute Gasteiger partial charge is 0.408 e. The third-order valence-corrected chi connectivity index (χ3v) is 4.60. The number of carbonyl (C=O) groups excluding carboxylic acids is 3. The Morgan fingerprint density at radius 2 is 1.48 bits per heavy atom. The summed E-state index contributed by atoms with van der Waals surface area (Å²) in [7, 11) is 0. The van der Waals surface area contributed by atoms with Gasteiger partial charge < -0.3 is 25.4 Å². The van der Waals surface area contributed by atoms with Crippen molar-refractivity contribution in [1.82, 2.24) is 16.0 Å². The Bertz CT molecular complexity index is 717. The van der Waals surface area contributed by atoms with E-state index in [1.54, 1.807) is 0 Å². The minimum atomic E-state index is -0.633. The van der Waals surface area contributed by atoms with E-state index < -0.39 is 23.8 Å². The maximum Gasteiger partial charge on any atom is 0.408 e. The minimum Gasteiger partial charge on any atom is -0.445 e. The molecule has 1 rings (SSSR count). The lowest BCUT2D eigenvalue weighted by molar-refractivity contribution is -0.123. The fraction of sp³-hybridized carbons (Fsp3) is 0.640. The zero-order valence-electron chi connectivity index (χ0n) is 20.7. The van der Waals surface area contributed by atoms with Crippen LogP contribution >= 0.6 is 0 Å². The summed E-state index contributed by atoms with van der Waals surface area (Å²) in [5.74, 6) is 0.0413. The van der Waals surface area contributed by atoms with Crippen molar-refractivity contribution < 1.29 is 23.9 Å².